The molecule has 0 aromatic rings. The molecule has 0 aromatic heterocycles. The van der Waals surface area contributed by atoms with Gasteiger partial charge in [0, 0.05) is 6.42 Å². The van der Waals surface area contributed by atoms with Crippen molar-refractivity contribution in [1.82, 2.24) is 5.48 Å². The third-order valence-electron chi connectivity index (χ3n) is 4.41. The van der Waals surface area contributed by atoms with Crippen molar-refractivity contribution < 1.29 is 9.63 Å². The van der Waals surface area contributed by atoms with E-state index in [0.29, 0.717) is 18.9 Å². The van der Waals surface area contributed by atoms with Crippen molar-refractivity contribution in [3.8, 4) is 0 Å². The Labute approximate surface area is 167 Å². The Morgan fingerprint density at radius 3 is 2.15 bits per heavy atom. The molecule has 0 rings (SSSR count). The quantitative estimate of drug-likeness (QED) is 0.205. The molecule has 1 N–H and O–H groups in total. The van der Waals surface area contributed by atoms with E-state index in [4.69, 9.17) is 4.84 Å². The van der Waals surface area contributed by atoms with Crippen molar-refractivity contribution in [1.29, 1.82) is 0 Å². The predicted molar refractivity (Wildman–Crippen MR) is 117 cm³/mol. The molecule has 1 unspecified atom stereocenters. The van der Waals surface area contributed by atoms with Crippen LogP contribution in [0.4, 0.5) is 0 Å². The Kier molecular flexibility index (Phi) is 15.6. The first-order chi connectivity index (χ1) is 12.9. The maximum atomic E-state index is 11.3. The number of hydrogen-bond donors (Lipinski definition) is 1. The van der Waals surface area contributed by atoms with Crippen molar-refractivity contribution in [2.75, 3.05) is 6.61 Å². The molecule has 0 spiro atoms. The van der Waals surface area contributed by atoms with E-state index in [9.17, 15) is 4.79 Å². The zero-order valence-corrected chi connectivity index (χ0v) is 18.4. The normalized spacial score (nSPS) is 14.7. The molecule has 0 fully saturated rings. The van der Waals surface area contributed by atoms with Crippen molar-refractivity contribution >= 4 is 5.91 Å². The van der Waals surface area contributed by atoms with Gasteiger partial charge in [-0.1, -0.05) is 60.9 Å². The first kappa shape index (κ1) is 25.4. The second kappa shape index (κ2) is 16.6. The van der Waals surface area contributed by atoms with E-state index in [2.05, 4.69) is 64.4 Å². The van der Waals surface area contributed by atoms with Crippen LogP contribution in [0.5, 0.6) is 0 Å². The van der Waals surface area contributed by atoms with Gasteiger partial charge in [0.05, 0.1) is 6.61 Å². The van der Waals surface area contributed by atoms with E-state index >= 15 is 0 Å². The van der Waals surface area contributed by atoms with Gasteiger partial charge >= 0.3 is 0 Å². The van der Waals surface area contributed by atoms with Crippen LogP contribution in [0.25, 0.3) is 0 Å². The van der Waals surface area contributed by atoms with E-state index in [1.807, 2.05) is 13.0 Å². The molecule has 0 saturated carbocycles. The molecular formula is C24H41NO2. The third kappa shape index (κ3) is 16.3. The lowest BCUT2D eigenvalue weighted by molar-refractivity contribution is -0.132. The average molecular weight is 376 g/mol. The molecule has 0 bridgehead atoms. The van der Waals surface area contributed by atoms with Crippen LogP contribution >= 0.6 is 0 Å². The Morgan fingerprint density at radius 2 is 1.56 bits per heavy atom. The summed E-state index contributed by atoms with van der Waals surface area (Å²) in [5, 5.41) is 0. The smallest absolute Gasteiger partial charge is 0.243 e. The summed E-state index contributed by atoms with van der Waals surface area (Å²) >= 11 is 0. The summed E-state index contributed by atoms with van der Waals surface area (Å²) in [4.78, 5) is 16.4. The zero-order chi connectivity index (χ0) is 20.5. The fourth-order valence-electron chi connectivity index (χ4n) is 2.87. The zero-order valence-electron chi connectivity index (χ0n) is 18.4. The van der Waals surface area contributed by atoms with Crippen LogP contribution in [0.3, 0.4) is 0 Å². The molecule has 3 nitrogen and oxygen atoms in total. The lowest BCUT2D eigenvalue weighted by Crippen LogP contribution is -2.23. The largest absolute Gasteiger partial charge is 0.273 e. The predicted octanol–water partition coefficient (Wildman–Crippen LogP) is 6.84. The topological polar surface area (TPSA) is 38.3 Å². The number of allylic oxidation sites excluding steroid dienone is 7. The van der Waals surface area contributed by atoms with E-state index in [1.54, 1.807) is 0 Å². The van der Waals surface area contributed by atoms with E-state index in [-0.39, 0.29) is 5.91 Å². The molecule has 1 atom stereocenters. The summed E-state index contributed by atoms with van der Waals surface area (Å²) in [6.45, 7) is 13.3. The van der Waals surface area contributed by atoms with Crippen LogP contribution in [0.1, 0.15) is 86.5 Å². The van der Waals surface area contributed by atoms with Gasteiger partial charge in [-0.2, -0.15) is 0 Å². The highest BCUT2D eigenvalue weighted by Gasteiger charge is 1.99. The summed E-state index contributed by atoms with van der Waals surface area (Å²) < 4.78 is 0. The molecule has 0 heterocycles. The number of nitrogens with one attached hydrogen (secondary N) is 1. The minimum absolute atomic E-state index is 0.0531. The Bertz CT molecular complexity index is 526. The number of hydroxylamine groups is 1. The number of amides is 1. The SMILES string of the molecule is CC=CC(C)C/C(C)=C/CC/C(C)=C/CC/C(C)=C/CONC(=O)CCC. The minimum Gasteiger partial charge on any atom is -0.273 e. The lowest BCUT2D eigenvalue weighted by Gasteiger charge is -2.07. The summed E-state index contributed by atoms with van der Waals surface area (Å²) in [5.74, 6) is 0.573. The Morgan fingerprint density at radius 1 is 0.963 bits per heavy atom. The van der Waals surface area contributed by atoms with Crippen molar-refractivity contribution in [3.05, 3.63) is 47.1 Å². The van der Waals surface area contributed by atoms with Gasteiger partial charge in [0.25, 0.3) is 0 Å². The van der Waals surface area contributed by atoms with Crippen LogP contribution in [0.2, 0.25) is 0 Å². The van der Waals surface area contributed by atoms with Crippen LogP contribution in [-0.4, -0.2) is 12.5 Å². The van der Waals surface area contributed by atoms with Crippen molar-refractivity contribution in [3.63, 3.8) is 0 Å². The van der Waals surface area contributed by atoms with E-state index in [1.165, 1.54) is 16.7 Å². The molecule has 0 aromatic carbocycles. The van der Waals surface area contributed by atoms with Gasteiger partial charge in [-0.15, -0.1) is 0 Å². The van der Waals surface area contributed by atoms with Crippen LogP contribution < -0.4 is 5.48 Å². The summed E-state index contributed by atoms with van der Waals surface area (Å²) in [6.07, 6.45) is 18.0. The van der Waals surface area contributed by atoms with Crippen molar-refractivity contribution in [2.45, 2.75) is 86.5 Å². The minimum atomic E-state index is -0.0531. The van der Waals surface area contributed by atoms with Crippen LogP contribution in [0, 0.1) is 5.92 Å². The molecule has 0 aliphatic heterocycles. The molecule has 27 heavy (non-hydrogen) atoms. The first-order valence-corrected chi connectivity index (χ1v) is 10.4. The molecular weight excluding hydrogens is 334 g/mol. The molecule has 3 heteroatoms. The Balaban J connectivity index is 4.00. The summed E-state index contributed by atoms with van der Waals surface area (Å²) in [5.41, 5.74) is 6.69. The van der Waals surface area contributed by atoms with Gasteiger partial charge in [0.15, 0.2) is 0 Å². The summed E-state index contributed by atoms with van der Waals surface area (Å²) in [7, 11) is 0. The highest BCUT2D eigenvalue weighted by Crippen LogP contribution is 2.15. The van der Waals surface area contributed by atoms with Gasteiger partial charge in [-0.25, -0.2) is 5.48 Å². The first-order valence-electron chi connectivity index (χ1n) is 10.4. The number of carbonyl (C=O) groups excluding carboxylic acids is 1. The van der Waals surface area contributed by atoms with Crippen LogP contribution in [-0.2, 0) is 9.63 Å². The number of hydrogen-bond acceptors (Lipinski definition) is 2. The second-order valence-corrected chi connectivity index (χ2v) is 7.52. The number of rotatable bonds is 14. The highest BCUT2D eigenvalue weighted by molar-refractivity contribution is 5.74. The fourth-order valence-corrected chi connectivity index (χ4v) is 2.87. The van der Waals surface area contributed by atoms with E-state index < -0.39 is 0 Å². The monoisotopic (exact) mass is 375 g/mol. The maximum absolute atomic E-state index is 11.3. The van der Waals surface area contributed by atoms with Gasteiger partial charge < -0.3 is 0 Å². The molecule has 0 aliphatic rings. The standard InChI is InChI=1S/C24H41NO2/c1-7-11-22(5)19-23(6)16-10-14-20(3)13-9-15-21(4)17-18-27-25-24(26)12-8-2/h7,11,13,16-17,22H,8-10,12,14-15,18-19H2,1-6H3,(H,25,26)/b11-7?,20-13+,21-17+,23-16+. The van der Waals surface area contributed by atoms with Gasteiger partial charge in [-0.05, 0) is 72.1 Å². The third-order valence-corrected chi connectivity index (χ3v) is 4.41. The maximum Gasteiger partial charge on any atom is 0.243 e. The molecule has 0 aliphatic carbocycles. The summed E-state index contributed by atoms with van der Waals surface area (Å²) in [6, 6.07) is 0. The van der Waals surface area contributed by atoms with Gasteiger partial charge in [0.2, 0.25) is 5.91 Å². The second-order valence-electron chi connectivity index (χ2n) is 7.52. The van der Waals surface area contributed by atoms with Crippen LogP contribution in [0.15, 0.2) is 47.1 Å². The number of carbonyl (C=O) groups is 1. The Hall–Kier alpha value is -1.61. The molecule has 0 saturated heterocycles. The molecule has 1 amide bonds. The van der Waals surface area contributed by atoms with Crippen molar-refractivity contribution in [2.24, 2.45) is 5.92 Å². The fraction of sp³-hybridized carbons (Fsp3) is 0.625. The van der Waals surface area contributed by atoms with Gasteiger partial charge in [-0.3, -0.25) is 9.63 Å². The van der Waals surface area contributed by atoms with E-state index in [0.717, 1.165) is 38.5 Å². The highest BCUT2D eigenvalue weighted by atomic mass is 16.6. The average Bonchev–Trinajstić information content (AvgIpc) is 2.59. The van der Waals surface area contributed by atoms with Gasteiger partial charge in [0.1, 0.15) is 0 Å². The molecule has 154 valence electrons. The molecule has 0 radical (unpaired) electrons. The lowest BCUT2D eigenvalue weighted by atomic mass is 10.00.